The van der Waals surface area contributed by atoms with Crippen LogP contribution in [0, 0.1) is 0 Å². The van der Waals surface area contributed by atoms with Crippen LogP contribution in [0.2, 0.25) is 0 Å². The van der Waals surface area contributed by atoms with E-state index in [2.05, 4.69) is 22.4 Å². The van der Waals surface area contributed by atoms with Gasteiger partial charge in [-0.2, -0.15) is 5.90 Å². The SMILES string of the molecule is CCCCCCCCCCCCOC(=O)C(=O)ON.[NaH].[NaH]. The van der Waals surface area contributed by atoms with Gasteiger partial charge in [-0.15, -0.1) is 0 Å². The second kappa shape index (κ2) is 20.9. The van der Waals surface area contributed by atoms with Crippen LogP contribution >= 0.6 is 0 Å². The van der Waals surface area contributed by atoms with E-state index in [0.717, 1.165) is 19.3 Å². The van der Waals surface area contributed by atoms with Crippen molar-refractivity contribution >= 4 is 71.1 Å². The van der Waals surface area contributed by atoms with Crippen molar-refractivity contribution in [3.05, 3.63) is 0 Å². The summed E-state index contributed by atoms with van der Waals surface area (Å²) in [4.78, 5) is 25.2. The first kappa shape index (κ1) is 26.8. The van der Waals surface area contributed by atoms with Gasteiger partial charge in [-0.3, -0.25) is 0 Å². The van der Waals surface area contributed by atoms with Gasteiger partial charge in [0.25, 0.3) is 0 Å². The quantitative estimate of drug-likeness (QED) is 0.205. The molecule has 0 aromatic heterocycles. The first-order chi connectivity index (χ1) is 9.22. The van der Waals surface area contributed by atoms with Crippen LogP contribution in [0.15, 0.2) is 0 Å². The zero-order valence-corrected chi connectivity index (χ0v) is 12.0. The molecule has 0 unspecified atom stereocenters. The number of nitrogens with two attached hydrogens (primary N) is 1. The van der Waals surface area contributed by atoms with E-state index >= 15 is 0 Å². The fourth-order valence-corrected chi connectivity index (χ4v) is 1.86. The molecule has 21 heavy (non-hydrogen) atoms. The number of esters is 1. The maximum atomic E-state index is 10.9. The van der Waals surface area contributed by atoms with Gasteiger partial charge in [0.2, 0.25) is 0 Å². The topological polar surface area (TPSA) is 78.6 Å². The molecule has 0 aliphatic heterocycles. The normalized spacial score (nSPS) is 9.24. The number of unbranched alkanes of at least 4 members (excludes halogenated alkanes) is 9. The molecular weight excluding hydrogens is 292 g/mol. The van der Waals surface area contributed by atoms with Crippen molar-refractivity contribution in [1.82, 2.24) is 0 Å². The molecule has 0 fully saturated rings. The number of carbonyl (C=O) groups is 2. The predicted molar refractivity (Wildman–Crippen MR) is 87.4 cm³/mol. The standard InChI is InChI=1S/C14H27NO4.2Na.2H/c1-2-3-4-5-6-7-8-9-10-11-12-18-13(16)14(17)19-15;;;;/h2-12,15H2,1H3;;;;. The van der Waals surface area contributed by atoms with Gasteiger partial charge in [0.1, 0.15) is 0 Å². The van der Waals surface area contributed by atoms with E-state index < -0.39 is 11.9 Å². The van der Waals surface area contributed by atoms with Crippen molar-refractivity contribution in [1.29, 1.82) is 0 Å². The van der Waals surface area contributed by atoms with Crippen LogP contribution in [0.25, 0.3) is 0 Å². The van der Waals surface area contributed by atoms with Crippen LogP contribution in [0.4, 0.5) is 0 Å². The Hall–Kier alpha value is 0.900. The van der Waals surface area contributed by atoms with Gasteiger partial charge < -0.3 is 9.57 Å². The van der Waals surface area contributed by atoms with E-state index in [0.29, 0.717) is 0 Å². The Morgan fingerprint density at radius 3 is 1.62 bits per heavy atom. The second-order valence-corrected chi connectivity index (χ2v) is 4.72. The zero-order valence-electron chi connectivity index (χ0n) is 12.0. The molecule has 7 heteroatoms. The van der Waals surface area contributed by atoms with Crippen molar-refractivity contribution in [3.8, 4) is 0 Å². The van der Waals surface area contributed by atoms with E-state index in [9.17, 15) is 9.59 Å². The van der Waals surface area contributed by atoms with Crippen LogP contribution in [-0.2, 0) is 19.2 Å². The number of ether oxygens (including phenoxy) is 1. The van der Waals surface area contributed by atoms with Crippen LogP contribution in [0.5, 0.6) is 0 Å². The summed E-state index contributed by atoms with van der Waals surface area (Å²) < 4.78 is 4.67. The molecule has 2 N–H and O–H groups in total. The summed E-state index contributed by atoms with van der Waals surface area (Å²) in [6.07, 6.45) is 12.1. The van der Waals surface area contributed by atoms with Crippen LogP contribution in [0.3, 0.4) is 0 Å². The molecule has 0 saturated heterocycles. The van der Waals surface area contributed by atoms with Gasteiger partial charge >= 0.3 is 71.1 Å². The van der Waals surface area contributed by atoms with Crippen molar-refractivity contribution in [2.45, 2.75) is 71.1 Å². The predicted octanol–water partition coefficient (Wildman–Crippen LogP) is 1.57. The summed E-state index contributed by atoms with van der Waals surface area (Å²) in [5, 5.41) is 0. The summed E-state index contributed by atoms with van der Waals surface area (Å²) in [6, 6.07) is 0. The van der Waals surface area contributed by atoms with Crippen molar-refractivity contribution in [2.75, 3.05) is 6.61 Å². The third kappa shape index (κ3) is 18.9. The van der Waals surface area contributed by atoms with Gasteiger partial charge in [0.05, 0.1) is 6.61 Å². The maximum absolute atomic E-state index is 10.9. The van der Waals surface area contributed by atoms with E-state index in [-0.39, 0.29) is 65.7 Å². The van der Waals surface area contributed by atoms with E-state index in [1.165, 1.54) is 44.9 Å². The molecule has 116 valence electrons. The third-order valence-corrected chi connectivity index (χ3v) is 3.00. The van der Waals surface area contributed by atoms with Crippen LogP contribution < -0.4 is 5.90 Å². The Bertz CT molecular complexity index is 253. The molecule has 0 amide bonds. The summed E-state index contributed by atoms with van der Waals surface area (Å²) >= 11 is 0. The Balaban J connectivity index is -0.00000162. The molecule has 0 aliphatic rings. The molecular formula is C14H29NNa2O4. The third-order valence-electron chi connectivity index (χ3n) is 3.00. The van der Waals surface area contributed by atoms with Crippen molar-refractivity contribution in [3.63, 3.8) is 0 Å². The first-order valence-corrected chi connectivity index (χ1v) is 7.30. The monoisotopic (exact) mass is 321 g/mol. The average molecular weight is 321 g/mol. The van der Waals surface area contributed by atoms with Crippen molar-refractivity contribution < 1.29 is 19.2 Å². The molecule has 0 heterocycles. The molecule has 0 spiro atoms. The summed E-state index contributed by atoms with van der Waals surface area (Å²) in [7, 11) is 0. The Labute approximate surface area is 172 Å². The number of hydrogen-bond donors (Lipinski definition) is 1. The van der Waals surface area contributed by atoms with E-state index in [4.69, 9.17) is 0 Å². The minimum absolute atomic E-state index is 0. The molecule has 0 atom stereocenters. The van der Waals surface area contributed by atoms with Gasteiger partial charge in [-0.05, 0) is 6.42 Å². The Morgan fingerprint density at radius 2 is 1.19 bits per heavy atom. The first-order valence-electron chi connectivity index (χ1n) is 7.30. The van der Waals surface area contributed by atoms with E-state index in [1.807, 2.05) is 0 Å². The molecule has 0 radical (unpaired) electrons. The average Bonchev–Trinajstić information content (AvgIpc) is 2.43. The number of carbonyl (C=O) groups excluding carboxylic acids is 2. The Kier molecular flexibility index (Phi) is 26.7. The van der Waals surface area contributed by atoms with Crippen molar-refractivity contribution in [2.24, 2.45) is 5.90 Å². The zero-order chi connectivity index (χ0) is 14.3. The number of rotatable bonds is 11. The van der Waals surface area contributed by atoms with Crippen LogP contribution in [-0.4, -0.2) is 77.7 Å². The minimum atomic E-state index is -1.15. The van der Waals surface area contributed by atoms with Gasteiger partial charge in [-0.1, -0.05) is 64.7 Å². The molecule has 0 aromatic carbocycles. The molecule has 5 nitrogen and oxygen atoms in total. The second-order valence-electron chi connectivity index (χ2n) is 4.72. The van der Waals surface area contributed by atoms with Crippen LogP contribution in [0.1, 0.15) is 71.1 Å². The molecule has 0 rings (SSSR count). The molecule has 0 aliphatic carbocycles. The fourth-order valence-electron chi connectivity index (χ4n) is 1.86. The summed E-state index contributed by atoms with van der Waals surface area (Å²) in [6.45, 7) is 2.48. The molecule has 0 bridgehead atoms. The van der Waals surface area contributed by atoms with Gasteiger partial charge in [0, 0.05) is 0 Å². The van der Waals surface area contributed by atoms with Gasteiger partial charge in [-0.25, -0.2) is 9.59 Å². The fraction of sp³-hybridized carbons (Fsp3) is 0.857. The summed E-state index contributed by atoms with van der Waals surface area (Å²) in [5.74, 6) is 2.39. The number of hydrogen-bond acceptors (Lipinski definition) is 5. The van der Waals surface area contributed by atoms with E-state index in [1.54, 1.807) is 0 Å². The summed E-state index contributed by atoms with van der Waals surface area (Å²) in [5.41, 5.74) is 0. The van der Waals surface area contributed by atoms with Gasteiger partial charge in [0.15, 0.2) is 0 Å². The molecule has 0 aromatic rings. The Morgan fingerprint density at radius 1 is 0.762 bits per heavy atom. The molecule has 0 saturated carbocycles.